The lowest BCUT2D eigenvalue weighted by atomic mass is 10.2. The molecule has 16 heavy (non-hydrogen) atoms. The summed E-state index contributed by atoms with van der Waals surface area (Å²) in [7, 11) is 0. The number of oxazole rings is 1. The first kappa shape index (κ1) is 10.3. The SMILES string of the molecule is CC(=O)c1nc(C)c(-c2ncco2)nc1N. The smallest absolute Gasteiger partial charge is 0.246 e. The Morgan fingerprint density at radius 3 is 2.75 bits per heavy atom. The molecule has 0 saturated carbocycles. The van der Waals surface area contributed by atoms with E-state index in [4.69, 9.17) is 10.2 Å². The van der Waals surface area contributed by atoms with E-state index < -0.39 is 0 Å². The highest BCUT2D eigenvalue weighted by molar-refractivity contribution is 5.96. The van der Waals surface area contributed by atoms with Gasteiger partial charge in [0.25, 0.3) is 0 Å². The van der Waals surface area contributed by atoms with Crippen molar-refractivity contribution in [1.29, 1.82) is 0 Å². The first-order chi connectivity index (χ1) is 7.59. The molecule has 0 radical (unpaired) electrons. The van der Waals surface area contributed by atoms with Gasteiger partial charge < -0.3 is 10.2 Å². The van der Waals surface area contributed by atoms with Crippen molar-refractivity contribution < 1.29 is 9.21 Å². The van der Waals surface area contributed by atoms with Gasteiger partial charge in [0, 0.05) is 6.92 Å². The molecule has 2 aromatic heterocycles. The Morgan fingerprint density at radius 1 is 1.44 bits per heavy atom. The van der Waals surface area contributed by atoms with Crippen molar-refractivity contribution in [1.82, 2.24) is 15.0 Å². The minimum Gasteiger partial charge on any atom is -0.443 e. The van der Waals surface area contributed by atoms with E-state index in [2.05, 4.69) is 15.0 Å². The van der Waals surface area contributed by atoms with Gasteiger partial charge in [0.2, 0.25) is 5.89 Å². The van der Waals surface area contributed by atoms with Gasteiger partial charge >= 0.3 is 0 Å². The average Bonchev–Trinajstić information content (AvgIpc) is 2.73. The predicted octanol–water partition coefficient (Wildman–Crippen LogP) is 1.22. The second-order valence-electron chi connectivity index (χ2n) is 3.28. The Labute approximate surface area is 91.5 Å². The Morgan fingerprint density at radius 2 is 2.19 bits per heavy atom. The van der Waals surface area contributed by atoms with Gasteiger partial charge in [0.15, 0.2) is 11.6 Å². The van der Waals surface area contributed by atoms with Crippen LogP contribution in [0.1, 0.15) is 23.1 Å². The zero-order valence-electron chi connectivity index (χ0n) is 8.89. The molecule has 0 aliphatic heterocycles. The van der Waals surface area contributed by atoms with Crippen molar-refractivity contribution in [2.75, 3.05) is 5.73 Å². The number of ketones is 1. The summed E-state index contributed by atoms with van der Waals surface area (Å²) in [4.78, 5) is 23.3. The van der Waals surface area contributed by atoms with Gasteiger partial charge in [-0.15, -0.1) is 0 Å². The highest BCUT2D eigenvalue weighted by atomic mass is 16.3. The Hall–Kier alpha value is -2.24. The van der Waals surface area contributed by atoms with Gasteiger partial charge in [-0.05, 0) is 6.92 Å². The zero-order chi connectivity index (χ0) is 11.7. The number of Topliss-reactive ketones (excluding diaryl/α,β-unsaturated/α-hetero) is 1. The lowest BCUT2D eigenvalue weighted by Gasteiger charge is -2.05. The lowest BCUT2D eigenvalue weighted by Crippen LogP contribution is -2.08. The molecule has 0 bridgehead atoms. The van der Waals surface area contributed by atoms with E-state index in [1.165, 1.54) is 19.4 Å². The molecule has 0 atom stereocenters. The van der Waals surface area contributed by atoms with Gasteiger partial charge in [0.05, 0.1) is 11.9 Å². The number of carbonyl (C=O) groups excluding carboxylic acids is 1. The van der Waals surface area contributed by atoms with Crippen LogP contribution in [0.4, 0.5) is 5.82 Å². The third-order valence-corrected chi connectivity index (χ3v) is 2.07. The summed E-state index contributed by atoms with van der Waals surface area (Å²) >= 11 is 0. The number of nitrogens with two attached hydrogens (primary N) is 1. The first-order valence-electron chi connectivity index (χ1n) is 4.64. The summed E-state index contributed by atoms with van der Waals surface area (Å²) in [6.45, 7) is 3.11. The second kappa shape index (κ2) is 3.73. The fraction of sp³-hybridized carbons (Fsp3) is 0.200. The lowest BCUT2D eigenvalue weighted by molar-refractivity contribution is 0.101. The van der Waals surface area contributed by atoms with E-state index in [1.54, 1.807) is 6.92 Å². The van der Waals surface area contributed by atoms with Crippen LogP contribution in [0.3, 0.4) is 0 Å². The topological polar surface area (TPSA) is 94.9 Å². The van der Waals surface area contributed by atoms with Crippen LogP contribution >= 0.6 is 0 Å². The van der Waals surface area contributed by atoms with Crippen LogP contribution in [0.25, 0.3) is 11.6 Å². The van der Waals surface area contributed by atoms with Crippen LogP contribution in [0, 0.1) is 6.92 Å². The Bertz CT molecular complexity index is 534. The molecule has 2 rings (SSSR count). The largest absolute Gasteiger partial charge is 0.443 e. The number of aromatic nitrogens is 3. The molecule has 0 fully saturated rings. The molecule has 0 spiro atoms. The maximum absolute atomic E-state index is 11.2. The van der Waals surface area contributed by atoms with Gasteiger partial charge in [-0.2, -0.15) is 0 Å². The minimum atomic E-state index is -0.216. The third kappa shape index (κ3) is 1.65. The summed E-state index contributed by atoms with van der Waals surface area (Å²) < 4.78 is 5.10. The predicted molar refractivity (Wildman–Crippen MR) is 56.7 cm³/mol. The number of aryl methyl sites for hydroxylation is 1. The molecular formula is C10H10N4O2. The minimum absolute atomic E-state index is 0.0892. The Kier molecular flexibility index (Phi) is 2.40. The van der Waals surface area contributed by atoms with Crippen LogP contribution in [0.15, 0.2) is 16.9 Å². The molecule has 2 N–H and O–H groups in total. The molecule has 0 aliphatic rings. The molecule has 0 aromatic carbocycles. The fourth-order valence-electron chi connectivity index (χ4n) is 1.33. The molecular weight excluding hydrogens is 208 g/mol. The van der Waals surface area contributed by atoms with Crippen molar-refractivity contribution in [3.8, 4) is 11.6 Å². The van der Waals surface area contributed by atoms with Crippen LogP contribution in [-0.4, -0.2) is 20.7 Å². The van der Waals surface area contributed by atoms with Crippen molar-refractivity contribution in [3.05, 3.63) is 23.8 Å². The van der Waals surface area contributed by atoms with E-state index in [1.807, 2.05) is 0 Å². The van der Waals surface area contributed by atoms with E-state index in [0.717, 1.165) is 0 Å². The van der Waals surface area contributed by atoms with E-state index >= 15 is 0 Å². The molecule has 6 nitrogen and oxygen atoms in total. The maximum atomic E-state index is 11.2. The average molecular weight is 218 g/mol. The first-order valence-corrected chi connectivity index (χ1v) is 4.64. The Balaban J connectivity index is 2.59. The van der Waals surface area contributed by atoms with Gasteiger partial charge in [-0.3, -0.25) is 4.79 Å². The van der Waals surface area contributed by atoms with Crippen LogP contribution in [0.2, 0.25) is 0 Å². The molecule has 0 amide bonds. The highest BCUT2D eigenvalue weighted by Gasteiger charge is 2.15. The van der Waals surface area contributed by atoms with Crippen molar-refractivity contribution in [2.24, 2.45) is 0 Å². The summed E-state index contributed by atoms with van der Waals surface area (Å²) in [6.07, 6.45) is 2.94. The van der Waals surface area contributed by atoms with Crippen LogP contribution < -0.4 is 5.73 Å². The van der Waals surface area contributed by atoms with E-state index in [9.17, 15) is 4.79 Å². The molecule has 82 valence electrons. The molecule has 0 unspecified atom stereocenters. The monoisotopic (exact) mass is 218 g/mol. The fourth-order valence-corrected chi connectivity index (χ4v) is 1.33. The molecule has 6 heteroatoms. The summed E-state index contributed by atoms with van der Waals surface area (Å²) in [5.74, 6) is 0.213. The second-order valence-corrected chi connectivity index (χ2v) is 3.28. The van der Waals surface area contributed by atoms with Gasteiger partial charge in [0.1, 0.15) is 17.7 Å². The normalized spacial score (nSPS) is 10.4. The number of anilines is 1. The molecule has 2 aromatic rings. The summed E-state index contributed by atoms with van der Waals surface area (Å²) in [5.41, 5.74) is 6.82. The van der Waals surface area contributed by atoms with Crippen molar-refractivity contribution >= 4 is 11.6 Å². The number of hydrogen-bond acceptors (Lipinski definition) is 6. The van der Waals surface area contributed by atoms with E-state index in [0.29, 0.717) is 17.3 Å². The highest BCUT2D eigenvalue weighted by Crippen LogP contribution is 2.20. The maximum Gasteiger partial charge on any atom is 0.246 e. The van der Waals surface area contributed by atoms with Crippen LogP contribution in [-0.2, 0) is 0 Å². The number of carbonyl (C=O) groups is 1. The third-order valence-electron chi connectivity index (χ3n) is 2.07. The van der Waals surface area contributed by atoms with Crippen molar-refractivity contribution in [2.45, 2.75) is 13.8 Å². The summed E-state index contributed by atoms with van der Waals surface area (Å²) in [5, 5.41) is 0. The molecule has 2 heterocycles. The van der Waals surface area contributed by atoms with Gasteiger partial charge in [-0.25, -0.2) is 15.0 Å². The van der Waals surface area contributed by atoms with Crippen LogP contribution in [0.5, 0.6) is 0 Å². The standard InChI is InChI=1S/C10H10N4O2/c1-5-7(10-12-3-4-16-10)14-9(11)8(13-5)6(2)15/h3-4H,1-2H3,(H2,11,14). The number of rotatable bonds is 2. The van der Waals surface area contributed by atoms with Crippen molar-refractivity contribution in [3.63, 3.8) is 0 Å². The van der Waals surface area contributed by atoms with Gasteiger partial charge in [-0.1, -0.05) is 0 Å². The van der Waals surface area contributed by atoms with E-state index in [-0.39, 0.29) is 17.3 Å². The summed E-state index contributed by atoms with van der Waals surface area (Å²) in [6, 6.07) is 0. The molecule has 0 saturated heterocycles. The number of nitrogens with zero attached hydrogens (tertiary/aromatic N) is 3. The quantitative estimate of drug-likeness (QED) is 0.761. The molecule has 0 aliphatic carbocycles. The zero-order valence-corrected chi connectivity index (χ0v) is 8.89. The number of hydrogen-bond donors (Lipinski definition) is 1. The number of nitrogen functional groups attached to an aromatic ring is 1.